The predicted octanol–water partition coefficient (Wildman–Crippen LogP) is 6.10. The van der Waals surface area contributed by atoms with Gasteiger partial charge in [0.15, 0.2) is 5.11 Å². The fourth-order valence-electron chi connectivity index (χ4n) is 4.20. The van der Waals surface area contributed by atoms with E-state index in [0.717, 1.165) is 55.9 Å². The second kappa shape index (κ2) is 13.2. The molecule has 3 rings (SSSR count). The summed E-state index contributed by atoms with van der Waals surface area (Å²) < 4.78 is 57.0. The van der Waals surface area contributed by atoms with Crippen LogP contribution in [0.3, 0.4) is 0 Å². The Morgan fingerprint density at radius 2 is 1.54 bits per heavy atom. The van der Waals surface area contributed by atoms with Crippen LogP contribution in [0.25, 0.3) is 0 Å². The number of thiocarbonyl (C=S) groups is 1. The van der Waals surface area contributed by atoms with Crippen molar-refractivity contribution in [1.29, 1.82) is 5.26 Å². The maximum Gasteiger partial charge on any atom is 0.417 e. The number of rotatable bonds is 13. The van der Waals surface area contributed by atoms with Crippen molar-refractivity contribution in [1.82, 2.24) is 0 Å². The zero-order chi connectivity index (χ0) is 28.6. The highest BCUT2D eigenvalue weighted by Gasteiger charge is 2.50. The average Bonchev–Trinajstić information content (AvgIpc) is 3.07. The molecule has 1 fully saturated rings. The van der Waals surface area contributed by atoms with Gasteiger partial charge in [0.05, 0.1) is 29.5 Å². The number of anilines is 2. The first-order valence-corrected chi connectivity index (χ1v) is 13.0. The third-order valence-corrected chi connectivity index (χ3v) is 6.65. The molecule has 0 aliphatic carbocycles. The molecule has 1 aliphatic rings. The number of nitriles is 1. The summed E-state index contributed by atoms with van der Waals surface area (Å²) in [4.78, 5) is 16.0. The van der Waals surface area contributed by atoms with Gasteiger partial charge in [-0.05, 0) is 94.2 Å². The number of carbonyl (C=O) groups is 1. The summed E-state index contributed by atoms with van der Waals surface area (Å²) in [5.41, 5.74) is -2.26. The Hall–Kier alpha value is -3.20. The van der Waals surface area contributed by atoms with Gasteiger partial charge >= 0.3 is 6.18 Å². The topological polar surface area (TPSA) is 75.0 Å². The molecular weight excluding hydrogens is 531 g/mol. The van der Waals surface area contributed by atoms with Gasteiger partial charge < -0.3 is 19.1 Å². The van der Waals surface area contributed by atoms with E-state index in [1.54, 1.807) is 56.2 Å². The summed E-state index contributed by atoms with van der Waals surface area (Å²) in [7, 11) is 1.68. The molecule has 0 radical (unpaired) electrons. The van der Waals surface area contributed by atoms with E-state index >= 15 is 0 Å². The number of methoxy groups -OCH3 is 1. The first kappa shape index (κ1) is 30.3. The fourth-order valence-corrected chi connectivity index (χ4v) is 4.72. The Bertz CT molecular complexity index is 1200. The van der Waals surface area contributed by atoms with Gasteiger partial charge in [-0.15, -0.1) is 0 Å². The lowest BCUT2D eigenvalue weighted by atomic mass is 10.0. The van der Waals surface area contributed by atoms with Gasteiger partial charge in [0.25, 0.3) is 5.91 Å². The maximum absolute atomic E-state index is 13.5. The molecule has 0 spiro atoms. The first-order chi connectivity index (χ1) is 18.5. The standard InChI is InChI=1S/C28H32F3N3O4S/c1-27(2)25(35)33(22-9-8-20(19-32)24(18-22)28(29,30)31)26(39)34(27)21-10-12-23(13-11-21)38-17-7-6-16-37-15-5-4-14-36-3/h8-13,18H,4-7,14-17H2,1-3H3. The second-order valence-corrected chi connectivity index (χ2v) is 9.88. The summed E-state index contributed by atoms with van der Waals surface area (Å²) in [6, 6.07) is 11.7. The van der Waals surface area contributed by atoms with Crippen molar-refractivity contribution in [2.75, 3.05) is 43.3 Å². The van der Waals surface area contributed by atoms with E-state index in [4.69, 9.17) is 31.7 Å². The minimum Gasteiger partial charge on any atom is -0.494 e. The first-order valence-electron chi connectivity index (χ1n) is 12.6. The van der Waals surface area contributed by atoms with Gasteiger partial charge in [0, 0.05) is 32.6 Å². The van der Waals surface area contributed by atoms with E-state index in [1.807, 2.05) is 0 Å². The number of hydrogen-bond acceptors (Lipinski definition) is 6. The lowest BCUT2D eigenvalue weighted by molar-refractivity contribution is -0.137. The molecule has 0 aromatic heterocycles. The summed E-state index contributed by atoms with van der Waals surface area (Å²) >= 11 is 5.57. The molecule has 1 amide bonds. The molecule has 0 saturated carbocycles. The van der Waals surface area contributed by atoms with Crippen LogP contribution < -0.4 is 14.5 Å². The van der Waals surface area contributed by atoms with E-state index in [9.17, 15) is 18.0 Å². The van der Waals surface area contributed by atoms with Gasteiger partial charge in [-0.1, -0.05) is 0 Å². The van der Waals surface area contributed by atoms with Crippen molar-refractivity contribution < 1.29 is 32.2 Å². The monoisotopic (exact) mass is 563 g/mol. The number of hydrogen-bond donors (Lipinski definition) is 0. The van der Waals surface area contributed by atoms with Crippen LogP contribution in [0, 0.1) is 11.3 Å². The van der Waals surface area contributed by atoms with Crippen LogP contribution in [0.15, 0.2) is 42.5 Å². The lowest BCUT2D eigenvalue weighted by Gasteiger charge is -2.29. The van der Waals surface area contributed by atoms with E-state index in [1.165, 1.54) is 6.07 Å². The SMILES string of the molecule is COCCCCOCCCCOc1ccc(N2C(=S)N(c3ccc(C#N)c(C(F)(F)F)c3)C(=O)C2(C)C)cc1. The number of carbonyl (C=O) groups excluding carboxylic acids is 1. The Labute approximate surface area is 232 Å². The normalized spacial score (nSPS) is 15.1. The van der Waals surface area contributed by atoms with Crippen molar-refractivity contribution in [2.45, 2.75) is 51.2 Å². The molecule has 0 atom stereocenters. The Balaban J connectivity index is 1.63. The zero-order valence-electron chi connectivity index (χ0n) is 22.2. The van der Waals surface area contributed by atoms with Gasteiger partial charge in [-0.2, -0.15) is 18.4 Å². The van der Waals surface area contributed by atoms with Crippen LogP contribution >= 0.6 is 12.2 Å². The molecule has 11 heteroatoms. The zero-order valence-corrected chi connectivity index (χ0v) is 23.0. The smallest absolute Gasteiger partial charge is 0.417 e. The second-order valence-electron chi connectivity index (χ2n) is 9.52. The summed E-state index contributed by atoms with van der Waals surface area (Å²) in [5.74, 6) is 0.166. The highest BCUT2D eigenvalue weighted by Crippen LogP contribution is 2.39. The molecule has 1 heterocycles. The highest BCUT2D eigenvalue weighted by atomic mass is 32.1. The average molecular weight is 564 g/mol. The van der Waals surface area contributed by atoms with E-state index in [2.05, 4.69) is 0 Å². The summed E-state index contributed by atoms with van der Waals surface area (Å²) in [6.07, 6.45) is -1.10. The van der Waals surface area contributed by atoms with Gasteiger partial charge in [0.2, 0.25) is 0 Å². The van der Waals surface area contributed by atoms with Gasteiger partial charge in [-0.25, -0.2) is 0 Å². The Morgan fingerprint density at radius 3 is 2.13 bits per heavy atom. The quantitative estimate of drug-likeness (QED) is 0.216. The van der Waals surface area contributed by atoms with Crippen molar-refractivity contribution in [3.63, 3.8) is 0 Å². The third-order valence-electron chi connectivity index (χ3n) is 6.29. The van der Waals surface area contributed by atoms with E-state index in [-0.39, 0.29) is 10.8 Å². The number of amides is 1. The number of ether oxygens (including phenoxy) is 3. The van der Waals surface area contributed by atoms with E-state index < -0.39 is 28.7 Å². The lowest BCUT2D eigenvalue weighted by Crippen LogP contribution is -2.44. The van der Waals surface area contributed by atoms with Gasteiger partial charge in [0.1, 0.15) is 11.3 Å². The Morgan fingerprint density at radius 1 is 0.949 bits per heavy atom. The largest absolute Gasteiger partial charge is 0.494 e. The molecule has 7 nitrogen and oxygen atoms in total. The molecule has 1 saturated heterocycles. The summed E-state index contributed by atoms with van der Waals surface area (Å²) in [5, 5.41) is 9.13. The predicted molar refractivity (Wildman–Crippen MR) is 146 cm³/mol. The maximum atomic E-state index is 13.5. The Kier molecular flexibility index (Phi) is 10.3. The number of unbranched alkanes of at least 4 members (excludes halogenated alkanes) is 2. The van der Waals surface area contributed by atoms with Crippen molar-refractivity contribution in [3.8, 4) is 11.8 Å². The minimum absolute atomic E-state index is 0.0405. The summed E-state index contributed by atoms with van der Waals surface area (Å²) in [6.45, 7) is 5.96. The number of halogens is 3. The van der Waals surface area contributed by atoms with Crippen LogP contribution in [0.5, 0.6) is 5.75 Å². The third kappa shape index (κ3) is 7.26. The number of benzene rings is 2. The van der Waals surface area contributed by atoms with Crippen LogP contribution in [0.4, 0.5) is 24.5 Å². The minimum atomic E-state index is -4.76. The van der Waals surface area contributed by atoms with Crippen molar-refractivity contribution >= 4 is 34.6 Å². The van der Waals surface area contributed by atoms with Crippen molar-refractivity contribution in [2.24, 2.45) is 0 Å². The molecule has 2 aromatic carbocycles. The molecule has 0 N–H and O–H groups in total. The molecule has 39 heavy (non-hydrogen) atoms. The molecular formula is C28H32F3N3O4S. The molecule has 1 aliphatic heterocycles. The fraction of sp³-hybridized carbons (Fsp3) is 0.464. The molecule has 0 unspecified atom stereocenters. The number of alkyl halides is 3. The van der Waals surface area contributed by atoms with Crippen LogP contribution in [-0.2, 0) is 20.4 Å². The number of nitrogens with zero attached hydrogens (tertiary/aromatic N) is 3. The molecule has 0 bridgehead atoms. The van der Waals surface area contributed by atoms with Crippen LogP contribution in [0.1, 0.15) is 50.7 Å². The van der Waals surface area contributed by atoms with Crippen LogP contribution in [-0.4, -0.2) is 50.1 Å². The van der Waals surface area contributed by atoms with Crippen molar-refractivity contribution in [3.05, 3.63) is 53.6 Å². The molecule has 210 valence electrons. The van der Waals surface area contributed by atoms with Gasteiger partial charge in [-0.3, -0.25) is 9.69 Å². The van der Waals surface area contributed by atoms with E-state index in [0.29, 0.717) is 24.7 Å². The van der Waals surface area contributed by atoms with Crippen LogP contribution in [0.2, 0.25) is 0 Å². The molecule has 2 aromatic rings. The highest BCUT2D eigenvalue weighted by molar-refractivity contribution is 7.81.